The molecule has 0 aliphatic rings. The Bertz CT molecular complexity index is 1250. The van der Waals surface area contributed by atoms with Gasteiger partial charge in [-0.25, -0.2) is 14.3 Å². The van der Waals surface area contributed by atoms with E-state index in [1.54, 1.807) is 38.3 Å². The van der Waals surface area contributed by atoms with Crippen LogP contribution in [0, 0.1) is 0 Å². The van der Waals surface area contributed by atoms with Gasteiger partial charge in [0.05, 0.1) is 55.1 Å². The fourth-order valence-corrected chi connectivity index (χ4v) is 3.60. The van der Waals surface area contributed by atoms with Crippen molar-refractivity contribution in [1.29, 1.82) is 0 Å². The molecule has 0 bridgehead atoms. The number of aryl methyl sites for hydroxylation is 1. The largest absolute Gasteiger partial charge is 0.497 e. The van der Waals surface area contributed by atoms with Crippen LogP contribution in [0.25, 0.3) is 5.69 Å². The Kier molecular flexibility index (Phi) is 7.68. The molecule has 0 amide bonds. The molecule has 1 N–H and O–H groups in total. The van der Waals surface area contributed by atoms with E-state index in [9.17, 15) is 14.4 Å². The molecule has 0 atom stereocenters. The summed E-state index contributed by atoms with van der Waals surface area (Å²) in [7, 11) is 4.08. The van der Waals surface area contributed by atoms with Gasteiger partial charge in [-0.3, -0.25) is 14.9 Å². The van der Waals surface area contributed by atoms with Crippen LogP contribution in [-0.4, -0.2) is 48.8 Å². The second-order valence-electron chi connectivity index (χ2n) is 7.50. The number of carbonyl (C=O) groups is 2. The number of aliphatic imine (C=N–C) groups is 1. The minimum atomic E-state index is -0.616. The van der Waals surface area contributed by atoms with Crippen LogP contribution < -0.4 is 10.3 Å². The van der Waals surface area contributed by atoms with Gasteiger partial charge in [0.15, 0.2) is 0 Å². The van der Waals surface area contributed by atoms with Crippen LogP contribution in [0.1, 0.15) is 52.2 Å². The Balaban J connectivity index is 2.13. The van der Waals surface area contributed by atoms with Gasteiger partial charge in [-0.05, 0) is 55.8 Å². The summed E-state index contributed by atoms with van der Waals surface area (Å²) >= 11 is 0. The molecule has 3 rings (SSSR count). The number of benzene rings is 2. The van der Waals surface area contributed by atoms with Crippen LogP contribution in [-0.2, 0) is 15.9 Å². The highest BCUT2D eigenvalue weighted by Crippen LogP contribution is 2.22. The fourth-order valence-electron chi connectivity index (χ4n) is 3.60. The number of aromatic nitrogens is 2. The van der Waals surface area contributed by atoms with Crippen LogP contribution in [0.3, 0.4) is 0 Å². The number of hydrogen-bond acceptors (Lipinski definition) is 7. The zero-order chi connectivity index (χ0) is 24.8. The Morgan fingerprint density at radius 2 is 1.56 bits per heavy atom. The first-order valence-electron chi connectivity index (χ1n) is 10.7. The monoisotopic (exact) mass is 465 g/mol. The minimum Gasteiger partial charge on any atom is -0.497 e. The van der Waals surface area contributed by atoms with Crippen LogP contribution in [0.2, 0.25) is 0 Å². The van der Waals surface area contributed by atoms with E-state index in [1.807, 2.05) is 6.92 Å². The Morgan fingerprint density at radius 1 is 0.971 bits per heavy atom. The van der Waals surface area contributed by atoms with Crippen molar-refractivity contribution in [2.45, 2.75) is 26.7 Å². The molecule has 0 unspecified atom stereocenters. The van der Waals surface area contributed by atoms with Crippen molar-refractivity contribution in [3.63, 3.8) is 0 Å². The molecule has 0 radical (unpaired) electrons. The van der Waals surface area contributed by atoms with E-state index >= 15 is 0 Å². The number of ether oxygens (including phenoxy) is 3. The molecule has 0 saturated carbocycles. The number of carbonyl (C=O) groups excluding carboxylic acids is 2. The van der Waals surface area contributed by atoms with E-state index in [0.29, 0.717) is 34.8 Å². The molecule has 3 aromatic rings. The summed E-state index contributed by atoms with van der Waals surface area (Å²) in [5, 5.41) is 3.18. The normalized spacial score (nSPS) is 11.3. The number of hydrogen-bond donors (Lipinski definition) is 1. The van der Waals surface area contributed by atoms with Gasteiger partial charge in [-0.2, -0.15) is 0 Å². The maximum absolute atomic E-state index is 13.4. The zero-order valence-electron chi connectivity index (χ0n) is 19.8. The van der Waals surface area contributed by atoms with Crippen molar-refractivity contribution in [3.05, 3.63) is 75.2 Å². The predicted molar refractivity (Wildman–Crippen MR) is 128 cm³/mol. The van der Waals surface area contributed by atoms with Gasteiger partial charge in [0, 0.05) is 5.69 Å². The number of rotatable bonds is 8. The SMILES string of the molecule is CCCc1[nH]n(-c2ccc(OC)cc2)c(=O)c1C(C)=Nc1cc(C(=O)OC)cc(C(=O)OC)c1. The summed E-state index contributed by atoms with van der Waals surface area (Å²) in [6.45, 7) is 3.73. The summed E-state index contributed by atoms with van der Waals surface area (Å²) in [6.07, 6.45) is 1.45. The third kappa shape index (κ3) is 5.09. The molecular formula is C25H27N3O6. The lowest BCUT2D eigenvalue weighted by Gasteiger charge is -2.06. The summed E-state index contributed by atoms with van der Waals surface area (Å²) in [6, 6.07) is 11.5. The second-order valence-corrected chi connectivity index (χ2v) is 7.50. The number of methoxy groups -OCH3 is 3. The van der Waals surface area contributed by atoms with Crippen molar-refractivity contribution in [1.82, 2.24) is 9.78 Å². The van der Waals surface area contributed by atoms with Gasteiger partial charge in [-0.1, -0.05) is 13.3 Å². The molecule has 0 fully saturated rings. The molecule has 2 aromatic carbocycles. The summed E-state index contributed by atoms with van der Waals surface area (Å²) in [4.78, 5) is 42.1. The fraction of sp³-hybridized carbons (Fsp3) is 0.280. The molecule has 9 nitrogen and oxygen atoms in total. The predicted octanol–water partition coefficient (Wildman–Crippen LogP) is 3.84. The molecule has 0 saturated heterocycles. The Morgan fingerprint density at radius 3 is 2.06 bits per heavy atom. The molecule has 1 aromatic heterocycles. The zero-order valence-corrected chi connectivity index (χ0v) is 19.8. The number of nitrogens with zero attached hydrogens (tertiary/aromatic N) is 2. The van der Waals surface area contributed by atoms with E-state index in [1.165, 1.54) is 37.1 Å². The van der Waals surface area contributed by atoms with Crippen molar-refractivity contribution >= 4 is 23.3 Å². The minimum absolute atomic E-state index is 0.149. The highest BCUT2D eigenvalue weighted by Gasteiger charge is 2.19. The van der Waals surface area contributed by atoms with E-state index in [2.05, 4.69) is 10.1 Å². The van der Waals surface area contributed by atoms with Crippen LogP contribution >= 0.6 is 0 Å². The first-order chi connectivity index (χ1) is 16.3. The topological polar surface area (TPSA) is 112 Å². The maximum Gasteiger partial charge on any atom is 0.337 e. The number of aromatic amines is 1. The maximum atomic E-state index is 13.4. The van der Waals surface area contributed by atoms with Gasteiger partial charge in [-0.15, -0.1) is 0 Å². The van der Waals surface area contributed by atoms with Crippen LogP contribution in [0.15, 0.2) is 52.3 Å². The van der Waals surface area contributed by atoms with Crippen LogP contribution in [0.4, 0.5) is 5.69 Å². The van der Waals surface area contributed by atoms with Gasteiger partial charge in [0.25, 0.3) is 5.56 Å². The standard InChI is InChI=1S/C25H27N3O6/c1-6-7-21-22(23(29)28(27-21)19-8-10-20(32-3)11-9-19)15(2)26-18-13-16(24(30)33-4)12-17(14-18)25(31)34-5/h8-14,27H,6-7H2,1-5H3. The molecular weight excluding hydrogens is 438 g/mol. The number of H-pyrrole nitrogens is 1. The highest BCUT2D eigenvalue weighted by atomic mass is 16.5. The summed E-state index contributed by atoms with van der Waals surface area (Å²) in [5.41, 5.74) is 2.62. The smallest absolute Gasteiger partial charge is 0.337 e. The van der Waals surface area contributed by atoms with Crippen molar-refractivity contribution in [2.24, 2.45) is 4.99 Å². The molecule has 9 heteroatoms. The lowest BCUT2D eigenvalue weighted by Crippen LogP contribution is -2.19. The molecule has 1 heterocycles. The van der Waals surface area contributed by atoms with Crippen molar-refractivity contribution < 1.29 is 23.8 Å². The Hall–Kier alpha value is -4.14. The third-order valence-corrected chi connectivity index (χ3v) is 5.21. The second kappa shape index (κ2) is 10.7. The van der Waals surface area contributed by atoms with Gasteiger partial charge in [0.1, 0.15) is 5.75 Å². The van der Waals surface area contributed by atoms with E-state index < -0.39 is 11.9 Å². The molecule has 0 aliphatic heterocycles. The summed E-state index contributed by atoms with van der Waals surface area (Å²) in [5.74, 6) is -0.549. The van der Waals surface area contributed by atoms with Crippen molar-refractivity contribution in [2.75, 3.05) is 21.3 Å². The first-order valence-corrected chi connectivity index (χ1v) is 10.7. The quantitative estimate of drug-likeness (QED) is 0.400. The Labute approximate surface area is 197 Å². The van der Waals surface area contributed by atoms with Gasteiger partial charge < -0.3 is 14.2 Å². The first kappa shape index (κ1) is 24.5. The molecule has 178 valence electrons. The number of nitrogens with one attached hydrogen (secondary N) is 1. The average Bonchev–Trinajstić information content (AvgIpc) is 3.18. The van der Waals surface area contributed by atoms with Crippen molar-refractivity contribution in [3.8, 4) is 11.4 Å². The van der Waals surface area contributed by atoms with E-state index in [0.717, 1.165) is 12.1 Å². The molecule has 34 heavy (non-hydrogen) atoms. The molecule has 0 aliphatic carbocycles. The van der Waals surface area contributed by atoms with E-state index in [-0.39, 0.29) is 16.7 Å². The molecule has 0 spiro atoms. The summed E-state index contributed by atoms with van der Waals surface area (Å²) < 4.78 is 16.2. The average molecular weight is 466 g/mol. The lowest BCUT2D eigenvalue weighted by molar-refractivity contribution is 0.0599. The highest BCUT2D eigenvalue weighted by molar-refractivity contribution is 6.02. The van der Waals surface area contributed by atoms with E-state index in [4.69, 9.17) is 14.2 Å². The van der Waals surface area contributed by atoms with Gasteiger partial charge in [0.2, 0.25) is 0 Å². The van der Waals surface area contributed by atoms with Crippen LogP contribution in [0.5, 0.6) is 5.75 Å². The van der Waals surface area contributed by atoms with Gasteiger partial charge >= 0.3 is 11.9 Å². The third-order valence-electron chi connectivity index (χ3n) is 5.21. The number of esters is 2. The lowest BCUT2D eigenvalue weighted by atomic mass is 10.1.